The van der Waals surface area contributed by atoms with Crippen LogP contribution in [0.15, 0.2) is 18.2 Å². The molecule has 1 fully saturated rings. The van der Waals surface area contributed by atoms with E-state index in [1.54, 1.807) is 20.8 Å². The van der Waals surface area contributed by atoms with E-state index in [9.17, 15) is 18.8 Å². The predicted octanol–water partition coefficient (Wildman–Crippen LogP) is 4.82. The normalized spacial score (nSPS) is 21.7. The van der Waals surface area contributed by atoms with E-state index in [4.69, 9.17) is 9.47 Å². The maximum atomic E-state index is 14.6. The number of hydrogen-bond donors (Lipinski definition) is 1. The first kappa shape index (κ1) is 27.6. The van der Waals surface area contributed by atoms with Gasteiger partial charge in [0.1, 0.15) is 29.4 Å². The second-order valence-electron chi connectivity index (χ2n) is 9.65. The number of hydrogen-bond acceptors (Lipinski definition) is 6. The van der Waals surface area contributed by atoms with Gasteiger partial charge in [-0.1, -0.05) is 13.8 Å². The van der Waals surface area contributed by atoms with Crippen LogP contribution in [0.25, 0.3) is 0 Å². The summed E-state index contributed by atoms with van der Waals surface area (Å²) in [5.74, 6) is -0.776. The number of nitrogens with one attached hydrogen (secondary N) is 1. The molecule has 1 N–H and O–H groups in total. The van der Waals surface area contributed by atoms with E-state index >= 15 is 0 Å². The van der Waals surface area contributed by atoms with Crippen molar-refractivity contribution >= 4 is 6.09 Å². The number of amides is 1. The Kier molecular flexibility index (Phi) is 8.69. The van der Waals surface area contributed by atoms with Crippen molar-refractivity contribution in [2.24, 2.45) is 0 Å². The minimum Gasteiger partial charge on any atom is -0.444 e. The van der Waals surface area contributed by atoms with Gasteiger partial charge in [-0.05, 0) is 52.3 Å². The number of carbonyl (C=O) groups excluding carboxylic acids is 1. The molecule has 8 nitrogen and oxygen atoms in total. The Balaban J connectivity index is 0.00000176. The largest absolute Gasteiger partial charge is 0.444 e. The van der Waals surface area contributed by atoms with Crippen molar-refractivity contribution in [2.75, 3.05) is 6.61 Å². The van der Waals surface area contributed by atoms with E-state index in [0.29, 0.717) is 31.9 Å². The molecular weight excluding hydrogens is 468 g/mol. The molecule has 4 rings (SSSR count). The third-order valence-corrected chi connectivity index (χ3v) is 6.12. The molecule has 2 unspecified atom stereocenters. The highest BCUT2D eigenvalue weighted by Gasteiger charge is 2.40. The number of ether oxygens (including phenoxy) is 2. The number of aromatic nitrogens is 2. The molecular formula is C26H35F2N5O3. The fourth-order valence-corrected chi connectivity index (χ4v) is 4.67. The second-order valence-corrected chi connectivity index (χ2v) is 9.65. The number of nitrogens with zero attached hydrogens (tertiary/aromatic N) is 4. The summed E-state index contributed by atoms with van der Waals surface area (Å²) in [5, 5.41) is 12.1. The summed E-state index contributed by atoms with van der Waals surface area (Å²) in [6.07, 6.45) is -1.07. The number of benzene rings is 1. The molecule has 1 aromatic carbocycles. The molecule has 2 aliphatic heterocycles. The lowest BCUT2D eigenvalue weighted by Crippen LogP contribution is -2.52. The van der Waals surface area contributed by atoms with Gasteiger partial charge >= 0.3 is 6.09 Å². The van der Waals surface area contributed by atoms with E-state index in [2.05, 4.69) is 21.3 Å². The lowest BCUT2D eigenvalue weighted by molar-refractivity contribution is -0.0630. The molecule has 0 radical (unpaired) electrons. The minimum absolute atomic E-state index is 0.0574. The molecule has 0 saturated carbocycles. The quantitative estimate of drug-likeness (QED) is 0.643. The van der Waals surface area contributed by atoms with Crippen molar-refractivity contribution in [3.8, 4) is 6.07 Å². The Morgan fingerprint density at radius 1 is 1.31 bits per heavy atom. The van der Waals surface area contributed by atoms with Gasteiger partial charge in [-0.2, -0.15) is 5.26 Å². The van der Waals surface area contributed by atoms with Crippen molar-refractivity contribution < 1.29 is 23.0 Å². The Hall–Kier alpha value is -3.03. The molecule has 0 spiro atoms. The van der Waals surface area contributed by atoms with Gasteiger partial charge in [-0.25, -0.2) is 18.6 Å². The lowest BCUT2D eigenvalue weighted by Gasteiger charge is -2.40. The van der Waals surface area contributed by atoms with Gasteiger partial charge in [-0.15, -0.1) is 0 Å². The Morgan fingerprint density at radius 2 is 2.03 bits per heavy atom. The SMILES string of the molecule is CC.CCn1c(C#N)nc2c1CN(C1CO[C@H](c3cc(F)ccc3F)C(NC(=O)OC(C)(C)C)C1)C2. The number of alkyl carbamates (subject to hydrolysis) is 1. The molecule has 3 atom stereocenters. The van der Waals surface area contributed by atoms with E-state index in [1.807, 2.05) is 25.3 Å². The Labute approximate surface area is 211 Å². The smallest absolute Gasteiger partial charge is 0.407 e. The second kappa shape index (κ2) is 11.4. The first-order chi connectivity index (χ1) is 17.1. The van der Waals surface area contributed by atoms with Crippen LogP contribution in [0, 0.1) is 23.0 Å². The number of carbonyl (C=O) groups is 1. The standard InChI is InChI=1S/C24H29F2N5O3.C2H6/c1-5-31-20-12-30(11-19(20)28-21(31)10-27)15-9-18(29-23(32)34-24(2,3)4)22(33-13-15)16-8-14(25)6-7-17(16)26;1-2/h6-8,15,18,22H,5,9,11-13H2,1-4H3,(H,29,32);1-2H3/t15?,18?,22-;/m1./s1. The first-order valence-corrected chi connectivity index (χ1v) is 12.4. The van der Waals surface area contributed by atoms with Crippen molar-refractivity contribution in [1.82, 2.24) is 19.8 Å². The molecule has 1 amide bonds. The fraction of sp³-hybridized carbons (Fsp3) is 0.577. The molecule has 0 bridgehead atoms. The molecule has 196 valence electrons. The number of nitriles is 1. The number of fused-ring (bicyclic) bond motifs is 1. The first-order valence-electron chi connectivity index (χ1n) is 12.4. The van der Waals surface area contributed by atoms with Crippen LogP contribution < -0.4 is 5.32 Å². The predicted molar refractivity (Wildman–Crippen MR) is 130 cm³/mol. The summed E-state index contributed by atoms with van der Waals surface area (Å²) < 4.78 is 41.9. The van der Waals surface area contributed by atoms with Crippen LogP contribution in [-0.4, -0.2) is 44.8 Å². The van der Waals surface area contributed by atoms with Crippen LogP contribution in [0.1, 0.15) is 76.8 Å². The summed E-state index contributed by atoms with van der Waals surface area (Å²) in [4.78, 5) is 19.2. The third-order valence-electron chi connectivity index (χ3n) is 6.12. The molecule has 1 aromatic heterocycles. The van der Waals surface area contributed by atoms with E-state index in [-0.39, 0.29) is 18.2 Å². The topological polar surface area (TPSA) is 92.4 Å². The molecule has 3 heterocycles. The molecule has 2 aliphatic rings. The Bertz CT molecular complexity index is 1120. The van der Waals surface area contributed by atoms with Crippen LogP contribution in [-0.2, 0) is 29.1 Å². The van der Waals surface area contributed by atoms with E-state index in [0.717, 1.165) is 29.6 Å². The van der Waals surface area contributed by atoms with Crippen molar-refractivity contribution in [3.63, 3.8) is 0 Å². The summed E-state index contributed by atoms with van der Waals surface area (Å²) in [7, 11) is 0. The van der Waals surface area contributed by atoms with Crippen molar-refractivity contribution in [2.45, 2.75) is 91.4 Å². The third kappa shape index (κ3) is 6.02. The lowest BCUT2D eigenvalue weighted by atomic mass is 9.92. The molecule has 1 saturated heterocycles. The van der Waals surface area contributed by atoms with Gasteiger partial charge in [0, 0.05) is 31.2 Å². The van der Waals surface area contributed by atoms with Crippen molar-refractivity contribution in [1.29, 1.82) is 5.26 Å². The number of halogens is 2. The van der Waals surface area contributed by atoms with Crippen LogP contribution >= 0.6 is 0 Å². The monoisotopic (exact) mass is 503 g/mol. The van der Waals surface area contributed by atoms with Crippen LogP contribution in [0.2, 0.25) is 0 Å². The highest BCUT2D eigenvalue weighted by molar-refractivity contribution is 5.68. The minimum atomic E-state index is -0.864. The highest BCUT2D eigenvalue weighted by Crippen LogP contribution is 2.35. The summed E-state index contributed by atoms with van der Waals surface area (Å²) in [6.45, 7) is 13.3. The number of imidazole rings is 1. The van der Waals surface area contributed by atoms with Crippen molar-refractivity contribution in [3.05, 3.63) is 52.6 Å². The fourth-order valence-electron chi connectivity index (χ4n) is 4.67. The van der Waals surface area contributed by atoms with Gasteiger partial charge < -0.3 is 19.4 Å². The summed E-state index contributed by atoms with van der Waals surface area (Å²) in [5.41, 5.74) is 1.20. The number of rotatable bonds is 4. The molecule has 2 aromatic rings. The zero-order valence-electron chi connectivity index (χ0n) is 21.8. The van der Waals surface area contributed by atoms with Crippen LogP contribution in [0.3, 0.4) is 0 Å². The van der Waals surface area contributed by atoms with E-state index in [1.165, 1.54) is 0 Å². The average Bonchev–Trinajstić information content (AvgIpc) is 3.38. The van der Waals surface area contributed by atoms with E-state index < -0.39 is 35.5 Å². The zero-order chi connectivity index (χ0) is 26.6. The molecule has 0 aliphatic carbocycles. The Morgan fingerprint density at radius 3 is 2.67 bits per heavy atom. The highest BCUT2D eigenvalue weighted by atomic mass is 19.1. The average molecular weight is 504 g/mol. The van der Waals surface area contributed by atoms with Gasteiger partial charge in [0.05, 0.1) is 24.0 Å². The summed E-state index contributed by atoms with van der Waals surface area (Å²) >= 11 is 0. The van der Waals surface area contributed by atoms with Gasteiger partial charge in [0.15, 0.2) is 0 Å². The maximum Gasteiger partial charge on any atom is 0.407 e. The van der Waals surface area contributed by atoms with Gasteiger partial charge in [-0.3, -0.25) is 4.90 Å². The van der Waals surface area contributed by atoms with Gasteiger partial charge in [0.2, 0.25) is 5.82 Å². The zero-order valence-corrected chi connectivity index (χ0v) is 21.8. The van der Waals surface area contributed by atoms with Crippen LogP contribution in [0.5, 0.6) is 0 Å². The summed E-state index contributed by atoms with van der Waals surface area (Å²) in [6, 6.07) is 4.61. The van der Waals surface area contributed by atoms with Crippen LogP contribution in [0.4, 0.5) is 13.6 Å². The maximum absolute atomic E-state index is 14.6. The molecule has 36 heavy (non-hydrogen) atoms. The molecule has 10 heteroatoms. The van der Waals surface area contributed by atoms with Gasteiger partial charge in [0.25, 0.3) is 0 Å².